The Bertz CT molecular complexity index is 186. The van der Waals surface area contributed by atoms with Crippen molar-refractivity contribution in [3.8, 4) is 0 Å². The number of carbonyl (C=O) groups is 1. The fraction of sp³-hybridized carbons (Fsp3) is 0.909. The summed E-state index contributed by atoms with van der Waals surface area (Å²) in [7, 11) is 0. The molecule has 1 saturated heterocycles. The van der Waals surface area contributed by atoms with Crippen LogP contribution in [-0.2, 0) is 9.53 Å². The zero-order valence-corrected chi connectivity index (χ0v) is 9.38. The molecule has 0 aliphatic carbocycles. The van der Waals surface area contributed by atoms with E-state index in [1.165, 1.54) is 0 Å². The Kier molecular flexibility index (Phi) is 4.39. The molecule has 1 N–H and O–H groups in total. The van der Waals surface area contributed by atoms with Crippen LogP contribution in [0.1, 0.15) is 33.6 Å². The van der Waals surface area contributed by atoms with Crippen molar-refractivity contribution in [1.82, 2.24) is 5.32 Å². The zero-order valence-electron chi connectivity index (χ0n) is 9.38. The smallest absolute Gasteiger partial charge is 0.219 e. The second kappa shape index (κ2) is 5.35. The highest BCUT2D eigenvalue weighted by Crippen LogP contribution is 2.21. The molecule has 3 heteroatoms. The van der Waals surface area contributed by atoms with Gasteiger partial charge >= 0.3 is 0 Å². The molecule has 1 unspecified atom stereocenters. The molecule has 0 bridgehead atoms. The predicted molar refractivity (Wildman–Crippen MR) is 56.0 cm³/mol. The van der Waals surface area contributed by atoms with Crippen LogP contribution in [0.4, 0.5) is 0 Å². The molecular formula is C11H21NO2. The quantitative estimate of drug-likeness (QED) is 0.746. The third kappa shape index (κ3) is 2.98. The summed E-state index contributed by atoms with van der Waals surface area (Å²) in [5.41, 5.74) is 0. The van der Waals surface area contributed by atoms with Gasteiger partial charge in [-0.25, -0.2) is 0 Å². The van der Waals surface area contributed by atoms with Gasteiger partial charge in [-0.3, -0.25) is 4.79 Å². The summed E-state index contributed by atoms with van der Waals surface area (Å²) in [4.78, 5) is 11.3. The molecule has 0 radical (unpaired) electrons. The van der Waals surface area contributed by atoms with Crippen molar-refractivity contribution in [2.24, 2.45) is 11.8 Å². The first-order valence-electron chi connectivity index (χ1n) is 5.52. The van der Waals surface area contributed by atoms with Gasteiger partial charge in [0.25, 0.3) is 0 Å². The Morgan fingerprint density at radius 2 is 2.29 bits per heavy atom. The van der Waals surface area contributed by atoms with Gasteiger partial charge in [-0.2, -0.15) is 0 Å². The van der Waals surface area contributed by atoms with Crippen molar-refractivity contribution < 1.29 is 9.53 Å². The Morgan fingerprint density at radius 1 is 1.57 bits per heavy atom. The molecule has 1 heterocycles. The fourth-order valence-corrected chi connectivity index (χ4v) is 1.95. The maximum atomic E-state index is 11.3. The van der Waals surface area contributed by atoms with E-state index >= 15 is 0 Å². The second-order valence-electron chi connectivity index (χ2n) is 4.31. The van der Waals surface area contributed by atoms with E-state index in [4.69, 9.17) is 4.74 Å². The van der Waals surface area contributed by atoms with E-state index in [2.05, 4.69) is 19.2 Å². The molecule has 3 nitrogen and oxygen atoms in total. The zero-order chi connectivity index (χ0) is 10.6. The maximum Gasteiger partial charge on any atom is 0.219 e. The number of amides is 1. The lowest BCUT2D eigenvalue weighted by Crippen LogP contribution is -2.43. The van der Waals surface area contributed by atoms with Gasteiger partial charge in [-0.05, 0) is 12.3 Å². The van der Waals surface area contributed by atoms with E-state index in [9.17, 15) is 4.79 Å². The van der Waals surface area contributed by atoms with Crippen LogP contribution in [-0.4, -0.2) is 25.2 Å². The van der Waals surface area contributed by atoms with Crippen LogP contribution in [0.3, 0.4) is 0 Å². The van der Waals surface area contributed by atoms with Crippen molar-refractivity contribution >= 4 is 5.91 Å². The number of ether oxygens (including phenoxy) is 1. The van der Waals surface area contributed by atoms with Crippen molar-refractivity contribution in [3.63, 3.8) is 0 Å². The van der Waals surface area contributed by atoms with Gasteiger partial charge in [0, 0.05) is 25.0 Å². The van der Waals surface area contributed by atoms with E-state index < -0.39 is 0 Å². The van der Waals surface area contributed by atoms with E-state index in [0.717, 1.165) is 19.6 Å². The first kappa shape index (κ1) is 11.5. The predicted octanol–water partition coefficient (Wildman–Crippen LogP) is 1.57. The largest absolute Gasteiger partial charge is 0.381 e. The highest BCUT2D eigenvalue weighted by atomic mass is 16.5. The molecule has 2 atom stereocenters. The van der Waals surface area contributed by atoms with Gasteiger partial charge < -0.3 is 10.1 Å². The third-order valence-corrected chi connectivity index (χ3v) is 2.84. The standard InChI is InChI=1S/C11H21NO2/c1-4-10(13)12-11(8(2)3)9-5-6-14-7-9/h8-9,11H,4-7H2,1-3H3,(H,12,13)/t9-,11?/m1/s1. The molecule has 0 aromatic carbocycles. The van der Waals surface area contributed by atoms with Gasteiger partial charge in [0.1, 0.15) is 0 Å². The number of hydrogen-bond acceptors (Lipinski definition) is 2. The van der Waals surface area contributed by atoms with Gasteiger partial charge in [0.05, 0.1) is 6.61 Å². The summed E-state index contributed by atoms with van der Waals surface area (Å²) < 4.78 is 5.35. The van der Waals surface area contributed by atoms with Crippen LogP contribution in [0, 0.1) is 11.8 Å². The molecule has 1 amide bonds. The van der Waals surface area contributed by atoms with E-state index in [0.29, 0.717) is 18.3 Å². The summed E-state index contributed by atoms with van der Waals surface area (Å²) in [6, 6.07) is 0.282. The third-order valence-electron chi connectivity index (χ3n) is 2.84. The Morgan fingerprint density at radius 3 is 2.71 bits per heavy atom. The monoisotopic (exact) mass is 199 g/mol. The average molecular weight is 199 g/mol. The Labute approximate surface area is 86.2 Å². The highest BCUT2D eigenvalue weighted by molar-refractivity contribution is 5.75. The molecule has 0 spiro atoms. The maximum absolute atomic E-state index is 11.3. The molecule has 0 aromatic rings. The van der Waals surface area contributed by atoms with Crippen LogP contribution in [0.25, 0.3) is 0 Å². The first-order chi connectivity index (χ1) is 6.65. The average Bonchev–Trinajstić information content (AvgIpc) is 2.65. The number of nitrogens with one attached hydrogen (secondary N) is 1. The van der Waals surface area contributed by atoms with Crippen LogP contribution < -0.4 is 5.32 Å². The minimum atomic E-state index is 0.149. The van der Waals surface area contributed by atoms with Crippen LogP contribution >= 0.6 is 0 Å². The summed E-state index contributed by atoms with van der Waals surface area (Å²) >= 11 is 0. The summed E-state index contributed by atoms with van der Waals surface area (Å²) in [6.45, 7) is 7.83. The van der Waals surface area contributed by atoms with Crippen LogP contribution in [0.2, 0.25) is 0 Å². The molecule has 1 fully saturated rings. The number of carbonyl (C=O) groups excluding carboxylic acids is 1. The molecule has 14 heavy (non-hydrogen) atoms. The minimum Gasteiger partial charge on any atom is -0.381 e. The van der Waals surface area contributed by atoms with Crippen molar-refractivity contribution in [3.05, 3.63) is 0 Å². The Hall–Kier alpha value is -0.570. The van der Waals surface area contributed by atoms with Crippen LogP contribution in [0.15, 0.2) is 0 Å². The van der Waals surface area contributed by atoms with Gasteiger partial charge in [-0.15, -0.1) is 0 Å². The fourth-order valence-electron chi connectivity index (χ4n) is 1.95. The van der Waals surface area contributed by atoms with Gasteiger partial charge in [-0.1, -0.05) is 20.8 Å². The summed E-state index contributed by atoms with van der Waals surface area (Å²) in [5, 5.41) is 3.09. The molecule has 1 aliphatic rings. The van der Waals surface area contributed by atoms with Crippen molar-refractivity contribution in [1.29, 1.82) is 0 Å². The summed E-state index contributed by atoms with van der Waals surface area (Å²) in [6.07, 6.45) is 1.64. The summed E-state index contributed by atoms with van der Waals surface area (Å²) in [5.74, 6) is 1.14. The van der Waals surface area contributed by atoms with E-state index in [-0.39, 0.29) is 11.9 Å². The number of hydrogen-bond donors (Lipinski definition) is 1. The van der Waals surface area contributed by atoms with Gasteiger partial charge in [0.15, 0.2) is 0 Å². The molecule has 1 aliphatic heterocycles. The molecule has 0 aromatic heterocycles. The lowest BCUT2D eigenvalue weighted by atomic mass is 9.90. The number of rotatable bonds is 4. The van der Waals surface area contributed by atoms with Crippen LogP contribution in [0.5, 0.6) is 0 Å². The molecule has 0 saturated carbocycles. The molecule has 1 rings (SSSR count). The molecule has 82 valence electrons. The van der Waals surface area contributed by atoms with E-state index in [1.54, 1.807) is 0 Å². The second-order valence-corrected chi connectivity index (χ2v) is 4.31. The minimum absolute atomic E-state index is 0.149. The first-order valence-corrected chi connectivity index (χ1v) is 5.52. The van der Waals surface area contributed by atoms with Gasteiger partial charge in [0.2, 0.25) is 5.91 Å². The Balaban J connectivity index is 2.49. The normalized spacial score (nSPS) is 23.9. The van der Waals surface area contributed by atoms with E-state index in [1.807, 2.05) is 6.92 Å². The molecular weight excluding hydrogens is 178 g/mol. The highest BCUT2D eigenvalue weighted by Gasteiger charge is 2.28. The van der Waals surface area contributed by atoms with Crippen molar-refractivity contribution in [2.75, 3.05) is 13.2 Å². The van der Waals surface area contributed by atoms with Crippen molar-refractivity contribution in [2.45, 2.75) is 39.7 Å². The topological polar surface area (TPSA) is 38.3 Å². The SMILES string of the molecule is CCC(=O)NC(C(C)C)[C@@H]1CCOC1. The lowest BCUT2D eigenvalue weighted by Gasteiger charge is -2.27. The lowest BCUT2D eigenvalue weighted by molar-refractivity contribution is -0.122.